The molecule has 7 nitrogen and oxygen atoms in total. The van der Waals surface area contributed by atoms with E-state index in [-0.39, 0.29) is 5.91 Å². The lowest BCUT2D eigenvalue weighted by atomic mass is 10.2. The molecule has 3 rings (SSSR count). The second-order valence-electron chi connectivity index (χ2n) is 4.11. The second kappa shape index (κ2) is 5.63. The predicted molar refractivity (Wildman–Crippen MR) is 81.4 cm³/mol. The fourth-order valence-electron chi connectivity index (χ4n) is 1.75. The van der Waals surface area contributed by atoms with Crippen LogP contribution in [-0.4, -0.2) is 27.1 Å². The quantitative estimate of drug-likeness (QED) is 0.434. The molecule has 1 aromatic carbocycles. The van der Waals surface area contributed by atoms with Crippen molar-refractivity contribution in [1.29, 1.82) is 0 Å². The standard InChI is InChI=1S/C13H10N6OS/c14-17-4-8-1-2-10-11(3-8)21-13(18-10)19-12(20)9-5-15-7-16-6-9/h1-7H,14H2,(H,18,19,20). The largest absolute Gasteiger partial charge is 0.323 e. The minimum atomic E-state index is -0.293. The molecule has 2 aromatic heterocycles. The summed E-state index contributed by atoms with van der Waals surface area (Å²) in [5, 5.41) is 6.73. The Morgan fingerprint density at radius 1 is 1.33 bits per heavy atom. The highest BCUT2D eigenvalue weighted by atomic mass is 32.1. The Kier molecular flexibility index (Phi) is 3.52. The number of aromatic nitrogens is 3. The van der Waals surface area contributed by atoms with Gasteiger partial charge >= 0.3 is 0 Å². The summed E-state index contributed by atoms with van der Waals surface area (Å²) in [6, 6.07) is 5.61. The van der Waals surface area contributed by atoms with E-state index in [2.05, 4.69) is 25.4 Å². The van der Waals surface area contributed by atoms with Gasteiger partial charge in [0.2, 0.25) is 0 Å². The number of nitrogens with one attached hydrogen (secondary N) is 1. The summed E-state index contributed by atoms with van der Waals surface area (Å²) in [6.45, 7) is 0. The molecular weight excluding hydrogens is 288 g/mol. The van der Waals surface area contributed by atoms with Crippen LogP contribution in [0.1, 0.15) is 15.9 Å². The van der Waals surface area contributed by atoms with Gasteiger partial charge in [0.25, 0.3) is 5.91 Å². The molecule has 1 amide bonds. The number of rotatable bonds is 3. The van der Waals surface area contributed by atoms with Crippen molar-refractivity contribution in [3.63, 3.8) is 0 Å². The minimum Gasteiger partial charge on any atom is -0.323 e. The van der Waals surface area contributed by atoms with Crippen molar-refractivity contribution < 1.29 is 4.79 Å². The summed E-state index contributed by atoms with van der Waals surface area (Å²) in [4.78, 5) is 24.0. The molecule has 8 heteroatoms. The molecule has 2 heterocycles. The zero-order chi connectivity index (χ0) is 14.7. The van der Waals surface area contributed by atoms with Crippen molar-refractivity contribution in [2.75, 3.05) is 5.32 Å². The highest BCUT2D eigenvalue weighted by Gasteiger charge is 2.10. The Morgan fingerprint density at radius 2 is 2.14 bits per heavy atom. The van der Waals surface area contributed by atoms with Gasteiger partial charge in [-0.25, -0.2) is 15.0 Å². The van der Waals surface area contributed by atoms with E-state index in [4.69, 9.17) is 5.84 Å². The summed E-state index contributed by atoms with van der Waals surface area (Å²) in [6.07, 6.45) is 5.82. The summed E-state index contributed by atoms with van der Waals surface area (Å²) >= 11 is 1.37. The number of fused-ring (bicyclic) bond motifs is 1. The molecule has 0 bridgehead atoms. The average molecular weight is 298 g/mol. The minimum absolute atomic E-state index is 0.293. The van der Waals surface area contributed by atoms with Gasteiger partial charge in [-0.15, -0.1) is 0 Å². The van der Waals surface area contributed by atoms with E-state index in [1.165, 1.54) is 30.1 Å². The number of hydrogen-bond acceptors (Lipinski definition) is 7. The highest BCUT2D eigenvalue weighted by molar-refractivity contribution is 7.22. The SMILES string of the molecule is NN=Cc1ccc2nc(NC(=O)c3cncnc3)sc2c1. The second-order valence-corrected chi connectivity index (χ2v) is 5.14. The number of anilines is 1. The molecule has 3 aromatic rings. The summed E-state index contributed by atoms with van der Waals surface area (Å²) in [7, 11) is 0. The third kappa shape index (κ3) is 2.84. The monoisotopic (exact) mass is 298 g/mol. The number of nitrogens with two attached hydrogens (primary N) is 1. The molecule has 0 saturated carbocycles. The molecular formula is C13H10N6OS. The van der Waals surface area contributed by atoms with Crippen molar-refractivity contribution in [2.24, 2.45) is 10.9 Å². The maximum atomic E-state index is 12.0. The number of amides is 1. The molecule has 0 aliphatic carbocycles. The fraction of sp³-hybridized carbons (Fsp3) is 0. The van der Waals surface area contributed by atoms with Crippen molar-refractivity contribution in [3.8, 4) is 0 Å². The number of benzene rings is 1. The Morgan fingerprint density at radius 3 is 2.90 bits per heavy atom. The summed E-state index contributed by atoms with van der Waals surface area (Å²) in [5.41, 5.74) is 2.06. The van der Waals surface area contributed by atoms with Gasteiger partial charge in [-0.05, 0) is 17.7 Å². The number of carbonyl (C=O) groups excluding carboxylic acids is 1. The van der Waals surface area contributed by atoms with Crippen LogP contribution in [0.2, 0.25) is 0 Å². The first kappa shape index (κ1) is 13.1. The first-order valence-electron chi connectivity index (χ1n) is 5.96. The highest BCUT2D eigenvalue weighted by Crippen LogP contribution is 2.26. The van der Waals surface area contributed by atoms with E-state index >= 15 is 0 Å². The Balaban J connectivity index is 1.86. The van der Waals surface area contributed by atoms with Gasteiger partial charge in [0.05, 0.1) is 22.0 Å². The molecule has 0 unspecified atom stereocenters. The van der Waals surface area contributed by atoms with Gasteiger partial charge in [-0.2, -0.15) is 5.10 Å². The maximum Gasteiger partial charge on any atom is 0.260 e. The number of carbonyl (C=O) groups is 1. The molecule has 0 aliphatic heterocycles. The van der Waals surface area contributed by atoms with Crippen LogP contribution in [0.4, 0.5) is 5.13 Å². The normalized spacial score (nSPS) is 11.0. The van der Waals surface area contributed by atoms with Gasteiger partial charge < -0.3 is 5.84 Å². The van der Waals surface area contributed by atoms with E-state index in [1.54, 1.807) is 6.21 Å². The third-order valence-electron chi connectivity index (χ3n) is 2.68. The Hall–Kier alpha value is -2.87. The summed E-state index contributed by atoms with van der Waals surface area (Å²) < 4.78 is 0.937. The van der Waals surface area contributed by atoms with Crippen molar-refractivity contribution >= 4 is 38.8 Å². The first-order chi connectivity index (χ1) is 10.3. The molecule has 0 atom stereocenters. The van der Waals surface area contributed by atoms with Crippen molar-refractivity contribution in [3.05, 3.63) is 48.0 Å². The Labute approximate surface area is 123 Å². The van der Waals surface area contributed by atoms with E-state index < -0.39 is 0 Å². The number of hydrazone groups is 1. The van der Waals surface area contributed by atoms with Gasteiger partial charge in [-0.1, -0.05) is 17.4 Å². The van der Waals surface area contributed by atoms with Gasteiger partial charge in [0.15, 0.2) is 5.13 Å². The topological polar surface area (TPSA) is 106 Å². The van der Waals surface area contributed by atoms with Crippen LogP contribution in [0.15, 0.2) is 42.0 Å². The molecule has 21 heavy (non-hydrogen) atoms. The van der Waals surface area contributed by atoms with Gasteiger partial charge in [0, 0.05) is 12.4 Å². The van der Waals surface area contributed by atoms with Crippen molar-refractivity contribution in [1.82, 2.24) is 15.0 Å². The first-order valence-corrected chi connectivity index (χ1v) is 6.78. The fourth-order valence-corrected chi connectivity index (χ4v) is 2.66. The molecule has 3 N–H and O–H groups in total. The smallest absolute Gasteiger partial charge is 0.260 e. The predicted octanol–water partition coefficient (Wildman–Crippen LogP) is 1.63. The molecule has 0 fully saturated rings. The van der Waals surface area contributed by atoms with Crippen LogP contribution in [0, 0.1) is 0 Å². The van der Waals surface area contributed by atoms with E-state index in [0.717, 1.165) is 15.8 Å². The lowest BCUT2D eigenvalue weighted by molar-refractivity contribution is 0.102. The number of hydrogen-bond donors (Lipinski definition) is 2. The zero-order valence-corrected chi connectivity index (χ0v) is 11.5. The maximum absolute atomic E-state index is 12.0. The van der Waals surface area contributed by atoms with E-state index in [9.17, 15) is 4.79 Å². The van der Waals surface area contributed by atoms with Gasteiger partial charge in [-0.3, -0.25) is 10.1 Å². The van der Waals surface area contributed by atoms with Crippen LogP contribution in [0.25, 0.3) is 10.2 Å². The summed E-state index contributed by atoms with van der Waals surface area (Å²) in [5.74, 6) is 4.84. The van der Waals surface area contributed by atoms with E-state index in [0.29, 0.717) is 10.7 Å². The molecule has 0 saturated heterocycles. The third-order valence-corrected chi connectivity index (χ3v) is 3.61. The molecule has 0 radical (unpaired) electrons. The van der Waals surface area contributed by atoms with Crippen LogP contribution in [0.3, 0.4) is 0 Å². The van der Waals surface area contributed by atoms with Crippen LogP contribution in [-0.2, 0) is 0 Å². The molecule has 0 aliphatic rings. The van der Waals surface area contributed by atoms with E-state index in [1.807, 2.05) is 18.2 Å². The van der Waals surface area contributed by atoms with Crippen LogP contribution >= 0.6 is 11.3 Å². The van der Waals surface area contributed by atoms with Gasteiger partial charge in [0.1, 0.15) is 6.33 Å². The Bertz CT molecular complexity index is 814. The lowest BCUT2D eigenvalue weighted by Gasteiger charge is -1.99. The number of thiazole rings is 1. The lowest BCUT2D eigenvalue weighted by Crippen LogP contribution is -2.12. The molecule has 104 valence electrons. The van der Waals surface area contributed by atoms with Crippen molar-refractivity contribution in [2.45, 2.75) is 0 Å². The molecule has 0 spiro atoms. The number of nitrogens with zero attached hydrogens (tertiary/aromatic N) is 4. The zero-order valence-electron chi connectivity index (χ0n) is 10.7. The average Bonchev–Trinajstić information content (AvgIpc) is 2.90. The van der Waals surface area contributed by atoms with Crippen LogP contribution < -0.4 is 11.2 Å². The van der Waals surface area contributed by atoms with Crippen LogP contribution in [0.5, 0.6) is 0 Å².